The van der Waals surface area contributed by atoms with E-state index in [0.717, 1.165) is 37.7 Å². The van der Waals surface area contributed by atoms with Crippen LogP contribution >= 0.6 is 0 Å². The van der Waals surface area contributed by atoms with Gasteiger partial charge in [-0.25, -0.2) is 13.2 Å². The van der Waals surface area contributed by atoms with Crippen LogP contribution in [0.2, 0.25) is 0 Å². The quantitative estimate of drug-likeness (QED) is 0.530. The summed E-state index contributed by atoms with van der Waals surface area (Å²) in [7, 11) is -3.16. The largest absolute Gasteiger partial charge is 0.454 e. The van der Waals surface area contributed by atoms with Crippen molar-refractivity contribution in [3.05, 3.63) is 35.9 Å². The van der Waals surface area contributed by atoms with Crippen molar-refractivity contribution < 1.29 is 27.5 Å². The summed E-state index contributed by atoms with van der Waals surface area (Å²) in [5, 5.41) is 2.73. The lowest BCUT2D eigenvalue weighted by atomic mass is 9.93. The topological polar surface area (TPSA) is 110 Å². The fraction of sp³-hybridized carbons (Fsp3) is 0.640. The van der Waals surface area contributed by atoms with Gasteiger partial charge in [-0.3, -0.25) is 9.59 Å². The minimum absolute atomic E-state index is 0.0234. The second-order valence-electron chi connectivity index (χ2n) is 9.71. The first kappa shape index (κ1) is 26.2. The van der Waals surface area contributed by atoms with Gasteiger partial charge in [0, 0.05) is 12.1 Å². The molecule has 0 radical (unpaired) electrons. The number of sulfone groups is 1. The number of benzene rings is 1. The molecule has 2 atom stereocenters. The maximum atomic E-state index is 13.2. The SMILES string of the molecule is CC(C)C(NC(=O)Cc1ccccc1)C(=O)OCC(=O)N(C1CCCCC1)C1CCS(=O)(=O)C1. The van der Waals surface area contributed by atoms with Crippen LogP contribution in [0.15, 0.2) is 30.3 Å². The smallest absolute Gasteiger partial charge is 0.329 e. The molecule has 1 heterocycles. The number of nitrogens with zero attached hydrogens (tertiary/aromatic N) is 1. The van der Waals surface area contributed by atoms with Crippen molar-refractivity contribution in [2.45, 2.75) is 76.9 Å². The van der Waals surface area contributed by atoms with Crippen LogP contribution in [0.4, 0.5) is 0 Å². The molecule has 2 aliphatic rings. The maximum absolute atomic E-state index is 13.2. The van der Waals surface area contributed by atoms with E-state index in [1.165, 1.54) is 0 Å². The zero-order valence-electron chi connectivity index (χ0n) is 20.1. The third-order valence-electron chi connectivity index (χ3n) is 6.64. The Morgan fingerprint density at radius 2 is 1.71 bits per heavy atom. The molecule has 0 bridgehead atoms. The van der Waals surface area contributed by atoms with E-state index in [4.69, 9.17) is 4.74 Å². The molecule has 2 unspecified atom stereocenters. The van der Waals surface area contributed by atoms with E-state index in [1.54, 1.807) is 18.7 Å². The second-order valence-corrected chi connectivity index (χ2v) is 11.9. The average molecular weight is 493 g/mol. The normalized spacial score (nSPS) is 21.1. The number of rotatable bonds is 9. The maximum Gasteiger partial charge on any atom is 0.329 e. The minimum Gasteiger partial charge on any atom is -0.454 e. The van der Waals surface area contributed by atoms with Gasteiger partial charge in [0.25, 0.3) is 5.91 Å². The summed E-state index contributed by atoms with van der Waals surface area (Å²) in [6, 6.07) is 7.96. The van der Waals surface area contributed by atoms with Crippen molar-refractivity contribution in [2.24, 2.45) is 5.92 Å². The number of carbonyl (C=O) groups excluding carboxylic acids is 3. The van der Waals surface area contributed by atoms with Gasteiger partial charge in [0.2, 0.25) is 5.91 Å². The summed E-state index contributed by atoms with van der Waals surface area (Å²) in [5.41, 5.74) is 0.834. The zero-order chi connectivity index (χ0) is 24.7. The predicted octanol–water partition coefficient (Wildman–Crippen LogP) is 2.26. The van der Waals surface area contributed by atoms with Crippen LogP contribution in [0.25, 0.3) is 0 Å². The molecule has 3 rings (SSSR count). The molecule has 1 saturated carbocycles. The highest BCUT2D eigenvalue weighted by atomic mass is 32.2. The molecule has 0 aromatic heterocycles. The minimum atomic E-state index is -3.16. The lowest BCUT2D eigenvalue weighted by molar-refractivity contribution is -0.157. The Morgan fingerprint density at radius 1 is 1.03 bits per heavy atom. The van der Waals surface area contributed by atoms with E-state index in [9.17, 15) is 22.8 Å². The fourth-order valence-electron chi connectivity index (χ4n) is 4.86. The molecule has 2 fully saturated rings. The third kappa shape index (κ3) is 7.29. The summed E-state index contributed by atoms with van der Waals surface area (Å²) >= 11 is 0. The number of amides is 2. The average Bonchev–Trinajstić information content (AvgIpc) is 3.16. The molecule has 1 aromatic carbocycles. The highest BCUT2D eigenvalue weighted by molar-refractivity contribution is 7.91. The van der Waals surface area contributed by atoms with Crippen LogP contribution in [0.5, 0.6) is 0 Å². The van der Waals surface area contributed by atoms with E-state index in [1.807, 2.05) is 30.3 Å². The van der Waals surface area contributed by atoms with Gasteiger partial charge >= 0.3 is 5.97 Å². The van der Waals surface area contributed by atoms with Gasteiger partial charge in [-0.05, 0) is 30.7 Å². The van der Waals surface area contributed by atoms with Gasteiger partial charge in [0.1, 0.15) is 6.04 Å². The molecular weight excluding hydrogens is 456 g/mol. The van der Waals surface area contributed by atoms with Gasteiger partial charge in [0.15, 0.2) is 16.4 Å². The predicted molar refractivity (Wildman–Crippen MR) is 129 cm³/mol. The first-order valence-electron chi connectivity index (χ1n) is 12.2. The second kappa shape index (κ2) is 11.8. The molecule has 34 heavy (non-hydrogen) atoms. The lowest BCUT2D eigenvalue weighted by Gasteiger charge is -2.38. The van der Waals surface area contributed by atoms with Crippen LogP contribution in [-0.2, 0) is 35.4 Å². The Balaban J connectivity index is 1.61. The van der Waals surface area contributed by atoms with E-state index >= 15 is 0 Å². The van der Waals surface area contributed by atoms with Crippen molar-refractivity contribution in [1.29, 1.82) is 0 Å². The van der Waals surface area contributed by atoms with Crippen LogP contribution in [0, 0.1) is 5.92 Å². The standard InChI is InChI=1S/C25H36N2O6S/c1-18(2)24(26-22(28)15-19-9-5-3-6-10-19)25(30)33-16-23(29)27(20-11-7-4-8-12-20)21-13-14-34(31,32)17-21/h3,5-6,9-10,18,20-21,24H,4,7-8,11-17H2,1-2H3,(H,26,28). The number of nitrogens with one attached hydrogen (secondary N) is 1. The number of esters is 1. The van der Waals surface area contributed by atoms with Crippen LogP contribution in [0.1, 0.15) is 57.9 Å². The van der Waals surface area contributed by atoms with E-state index in [2.05, 4.69) is 5.32 Å². The van der Waals surface area contributed by atoms with Crippen LogP contribution in [-0.4, -0.2) is 67.3 Å². The van der Waals surface area contributed by atoms with Crippen molar-refractivity contribution >= 4 is 27.6 Å². The molecule has 188 valence electrons. The molecule has 2 amide bonds. The number of carbonyl (C=O) groups is 3. The molecule has 8 nitrogen and oxygen atoms in total. The van der Waals surface area contributed by atoms with Crippen molar-refractivity contribution in [3.8, 4) is 0 Å². The molecule has 1 aliphatic carbocycles. The Bertz CT molecular complexity index is 957. The Morgan fingerprint density at radius 3 is 2.29 bits per heavy atom. The van der Waals surface area contributed by atoms with Gasteiger partial charge in [-0.15, -0.1) is 0 Å². The van der Waals surface area contributed by atoms with Crippen LogP contribution < -0.4 is 5.32 Å². The molecule has 1 N–H and O–H groups in total. The van der Waals surface area contributed by atoms with Crippen LogP contribution in [0.3, 0.4) is 0 Å². The molecule has 1 aliphatic heterocycles. The van der Waals surface area contributed by atoms with E-state index in [0.29, 0.717) is 6.42 Å². The number of hydrogen-bond donors (Lipinski definition) is 1. The van der Waals surface area contributed by atoms with Crippen molar-refractivity contribution in [2.75, 3.05) is 18.1 Å². The van der Waals surface area contributed by atoms with Crippen molar-refractivity contribution in [3.63, 3.8) is 0 Å². The van der Waals surface area contributed by atoms with Gasteiger partial charge < -0.3 is 15.0 Å². The number of hydrogen-bond acceptors (Lipinski definition) is 6. The summed E-state index contributed by atoms with van der Waals surface area (Å²) in [6.07, 6.45) is 5.33. The molecular formula is C25H36N2O6S. The van der Waals surface area contributed by atoms with E-state index in [-0.39, 0.29) is 47.7 Å². The fourth-order valence-corrected chi connectivity index (χ4v) is 6.57. The first-order chi connectivity index (χ1) is 16.2. The molecule has 9 heteroatoms. The third-order valence-corrected chi connectivity index (χ3v) is 8.39. The Labute approximate surface area is 202 Å². The summed E-state index contributed by atoms with van der Waals surface area (Å²) in [6.45, 7) is 3.15. The molecule has 1 saturated heterocycles. The monoisotopic (exact) mass is 492 g/mol. The Kier molecular flexibility index (Phi) is 9.10. The lowest BCUT2D eigenvalue weighted by Crippen LogP contribution is -2.51. The molecule has 0 spiro atoms. The van der Waals surface area contributed by atoms with Crippen molar-refractivity contribution in [1.82, 2.24) is 10.2 Å². The van der Waals surface area contributed by atoms with Gasteiger partial charge in [-0.1, -0.05) is 63.4 Å². The highest BCUT2D eigenvalue weighted by Gasteiger charge is 2.39. The summed E-state index contributed by atoms with van der Waals surface area (Å²) in [5.74, 6) is -1.50. The molecule has 1 aromatic rings. The first-order valence-corrected chi connectivity index (χ1v) is 14.0. The zero-order valence-corrected chi connectivity index (χ0v) is 20.9. The Hall–Kier alpha value is -2.42. The summed E-state index contributed by atoms with van der Waals surface area (Å²) in [4.78, 5) is 40.1. The van der Waals surface area contributed by atoms with Gasteiger partial charge in [0.05, 0.1) is 17.9 Å². The van der Waals surface area contributed by atoms with E-state index < -0.39 is 28.5 Å². The highest BCUT2D eigenvalue weighted by Crippen LogP contribution is 2.28. The number of ether oxygens (including phenoxy) is 1. The summed E-state index contributed by atoms with van der Waals surface area (Å²) < 4.78 is 29.5. The van der Waals surface area contributed by atoms with Gasteiger partial charge in [-0.2, -0.15) is 0 Å².